The Kier molecular flexibility index (Phi) is 7.14. The molecule has 2 saturated heterocycles. The lowest BCUT2D eigenvalue weighted by Crippen LogP contribution is -2.54. The van der Waals surface area contributed by atoms with Crippen LogP contribution in [0.1, 0.15) is 24.1 Å². The molecular formula is C25H30N4O3. The Hall–Kier alpha value is -3.22. The van der Waals surface area contributed by atoms with Crippen molar-refractivity contribution in [2.75, 3.05) is 39.3 Å². The Balaban J connectivity index is 1.26. The molecule has 0 N–H and O–H groups in total. The zero-order chi connectivity index (χ0) is 22.3. The SMILES string of the molecule is O=C(Cc1ccccn1)N1CCN(C(=O)C2CCCN(C(=O)Cc3ccccc3)C2)CC1. The first kappa shape index (κ1) is 22.0. The van der Waals surface area contributed by atoms with Crippen LogP contribution in [0.15, 0.2) is 54.7 Å². The van der Waals surface area contributed by atoms with Crippen molar-refractivity contribution in [3.05, 3.63) is 66.0 Å². The molecule has 2 aliphatic heterocycles. The van der Waals surface area contributed by atoms with E-state index in [1.807, 2.05) is 63.2 Å². The molecule has 2 aromatic rings. The molecule has 0 radical (unpaired) electrons. The highest BCUT2D eigenvalue weighted by atomic mass is 16.2. The van der Waals surface area contributed by atoms with Crippen molar-refractivity contribution >= 4 is 17.7 Å². The number of aromatic nitrogens is 1. The molecule has 3 heterocycles. The van der Waals surface area contributed by atoms with Crippen LogP contribution in [0.4, 0.5) is 0 Å². The number of hydrogen-bond donors (Lipinski definition) is 0. The fraction of sp³-hybridized carbons (Fsp3) is 0.440. The van der Waals surface area contributed by atoms with Gasteiger partial charge in [-0.2, -0.15) is 0 Å². The number of carbonyl (C=O) groups is 3. The number of piperidine rings is 1. The normalized spacial score (nSPS) is 19.0. The Labute approximate surface area is 189 Å². The lowest BCUT2D eigenvalue weighted by atomic mass is 9.95. The molecule has 32 heavy (non-hydrogen) atoms. The number of carbonyl (C=O) groups excluding carboxylic acids is 3. The summed E-state index contributed by atoms with van der Waals surface area (Å²) in [6.07, 6.45) is 4.01. The Morgan fingerprint density at radius 3 is 2.19 bits per heavy atom. The smallest absolute Gasteiger partial charge is 0.228 e. The van der Waals surface area contributed by atoms with E-state index in [4.69, 9.17) is 0 Å². The molecule has 3 amide bonds. The van der Waals surface area contributed by atoms with E-state index in [-0.39, 0.29) is 30.1 Å². The predicted molar refractivity (Wildman–Crippen MR) is 121 cm³/mol. The minimum absolute atomic E-state index is 0.0474. The van der Waals surface area contributed by atoms with Gasteiger partial charge in [0.15, 0.2) is 0 Å². The lowest BCUT2D eigenvalue weighted by molar-refractivity contribution is -0.145. The fourth-order valence-corrected chi connectivity index (χ4v) is 4.49. The summed E-state index contributed by atoms with van der Waals surface area (Å²) < 4.78 is 0. The summed E-state index contributed by atoms with van der Waals surface area (Å²) >= 11 is 0. The molecule has 2 aliphatic rings. The van der Waals surface area contributed by atoms with Gasteiger partial charge >= 0.3 is 0 Å². The van der Waals surface area contributed by atoms with E-state index in [1.54, 1.807) is 6.20 Å². The molecule has 1 aromatic heterocycles. The molecule has 4 rings (SSSR count). The minimum Gasteiger partial charge on any atom is -0.342 e. The average Bonchev–Trinajstić information content (AvgIpc) is 2.85. The van der Waals surface area contributed by atoms with E-state index in [0.717, 1.165) is 24.1 Å². The standard InChI is InChI=1S/C25H30N4O3/c30-23(17-20-7-2-1-3-8-20)29-12-6-9-21(19-29)25(32)28-15-13-27(14-16-28)24(31)18-22-10-4-5-11-26-22/h1-5,7-8,10-11,21H,6,9,12-19H2. The second-order valence-corrected chi connectivity index (χ2v) is 8.55. The highest BCUT2D eigenvalue weighted by Gasteiger charge is 2.33. The van der Waals surface area contributed by atoms with Crippen LogP contribution < -0.4 is 0 Å². The van der Waals surface area contributed by atoms with E-state index in [2.05, 4.69) is 4.98 Å². The molecule has 0 spiro atoms. The molecule has 168 valence electrons. The van der Waals surface area contributed by atoms with Crippen molar-refractivity contribution in [1.82, 2.24) is 19.7 Å². The maximum atomic E-state index is 13.1. The van der Waals surface area contributed by atoms with Gasteiger partial charge in [0.25, 0.3) is 0 Å². The van der Waals surface area contributed by atoms with Gasteiger partial charge in [0.2, 0.25) is 17.7 Å². The van der Waals surface area contributed by atoms with Crippen LogP contribution in [0.2, 0.25) is 0 Å². The van der Waals surface area contributed by atoms with E-state index in [1.165, 1.54) is 0 Å². The van der Waals surface area contributed by atoms with Gasteiger partial charge in [-0.1, -0.05) is 36.4 Å². The molecule has 7 heteroatoms. The van der Waals surface area contributed by atoms with Gasteiger partial charge in [-0.05, 0) is 30.5 Å². The van der Waals surface area contributed by atoms with Crippen LogP contribution >= 0.6 is 0 Å². The summed E-state index contributed by atoms with van der Waals surface area (Å²) in [5.41, 5.74) is 1.76. The van der Waals surface area contributed by atoms with E-state index in [9.17, 15) is 14.4 Å². The summed E-state index contributed by atoms with van der Waals surface area (Å²) in [7, 11) is 0. The Morgan fingerprint density at radius 2 is 1.47 bits per heavy atom. The number of nitrogens with zero attached hydrogens (tertiary/aromatic N) is 4. The molecule has 7 nitrogen and oxygen atoms in total. The van der Waals surface area contributed by atoms with Crippen LogP contribution in [0.5, 0.6) is 0 Å². The largest absolute Gasteiger partial charge is 0.342 e. The second-order valence-electron chi connectivity index (χ2n) is 8.55. The minimum atomic E-state index is -0.153. The average molecular weight is 435 g/mol. The van der Waals surface area contributed by atoms with Crippen molar-refractivity contribution in [3.63, 3.8) is 0 Å². The molecule has 1 unspecified atom stereocenters. The maximum absolute atomic E-state index is 13.1. The molecule has 0 aliphatic carbocycles. The number of rotatable bonds is 5. The van der Waals surface area contributed by atoms with Gasteiger partial charge in [0, 0.05) is 51.2 Å². The van der Waals surface area contributed by atoms with Crippen molar-refractivity contribution in [2.45, 2.75) is 25.7 Å². The topological polar surface area (TPSA) is 73.8 Å². The van der Waals surface area contributed by atoms with Gasteiger partial charge in [-0.25, -0.2) is 0 Å². The summed E-state index contributed by atoms with van der Waals surface area (Å²) in [6.45, 7) is 3.37. The van der Waals surface area contributed by atoms with Crippen LogP contribution in [0, 0.1) is 5.92 Å². The lowest BCUT2D eigenvalue weighted by Gasteiger charge is -2.39. The molecule has 1 aromatic carbocycles. The number of hydrogen-bond acceptors (Lipinski definition) is 4. The van der Waals surface area contributed by atoms with Crippen molar-refractivity contribution < 1.29 is 14.4 Å². The first-order valence-electron chi connectivity index (χ1n) is 11.4. The summed E-state index contributed by atoms with van der Waals surface area (Å²) in [5, 5.41) is 0. The monoisotopic (exact) mass is 434 g/mol. The number of piperazine rings is 1. The molecule has 0 saturated carbocycles. The van der Waals surface area contributed by atoms with E-state index < -0.39 is 0 Å². The summed E-state index contributed by atoms with van der Waals surface area (Å²) in [5.74, 6) is 0.0862. The number of pyridine rings is 1. The van der Waals surface area contributed by atoms with Crippen LogP contribution in [0.3, 0.4) is 0 Å². The number of benzene rings is 1. The molecule has 1 atom stereocenters. The maximum Gasteiger partial charge on any atom is 0.228 e. The number of amides is 3. The van der Waals surface area contributed by atoms with E-state index in [0.29, 0.717) is 45.7 Å². The predicted octanol–water partition coefficient (Wildman–Crippen LogP) is 1.78. The summed E-state index contributed by atoms with van der Waals surface area (Å²) in [4.78, 5) is 48.1. The number of likely N-dealkylation sites (tertiary alicyclic amines) is 1. The van der Waals surface area contributed by atoms with Crippen LogP contribution in [-0.2, 0) is 27.2 Å². The quantitative estimate of drug-likeness (QED) is 0.719. The molecular weight excluding hydrogens is 404 g/mol. The Bertz CT molecular complexity index is 927. The van der Waals surface area contributed by atoms with Gasteiger partial charge in [0.1, 0.15) is 0 Å². The summed E-state index contributed by atoms with van der Waals surface area (Å²) in [6, 6.07) is 15.3. The van der Waals surface area contributed by atoms with Crippen molar-refractivity contribution in [1.29, 1.82) is 0 Å². The fourth-order valence-electron chi connectivity index (χ4n) is 4.49. The van der Waals surface area contributed by atoms with Crippen molar-refractivity contribution in [2.24, 2.45) is 5.92 Å². The highest BCUT2D eigenvalue weighted by molar-refractivity contribution is 5.83. The first-order valence-corrected chi connectivity index (χ1v) is 11.4. The molecule has 2 fully saturated rings. The highest BCUT2D eigenvalue weighted by Crippen LogP contribution is 2.21. The van der Waals surface area contributed by atoms with Crippen LogP contribution in [0.25, 0.3) is 0 Å². The molecule has 0 bridgehead atoms. The Morgan fingerprint density at radius 1 is 0.781 bits per heavy atom. The van der Waals surface area contributed by atoms with Gasteiger partial charge in [-0.3, -0.25) is 19.4 Å². The zero-order valence-electron chi connectivity index (χ0n) is 18.4. The third-order valence-electron chi connectivity index (χ3n) is 6.32. The second kappa shape index (κ2) is 10.4. The van der Waals surface area contributed by atoms with Crippen LogP contribution in [-0.4, -0.2) is 76.7 Å². The van der Waals surface area contributed by atoms with E-state index >= 15 is 0 Å². The third kappa shape index (κ3) is 5.52. The van der Waals surface area contributed by atoms with Crippen molar-refractivity contribution in [3.8, 4) is 0 Å². The van der Waals surface area contributed by atoms with Gasteiger partial charge in [-0.15, -0.1) is 0 Å². The van der Waals surface area contributed by atoms with Gasteiger partial charge < -0.3 is 14.7 Å². The third-order valence-corrected chi connectivity index (χ3v) is 6.32. The zero-order valence-corrected chi connectivity index (χ0v) is 18.4. The van der Waals surface area contributed by atoms with Gasteiger partial charge in [0.05, 0.1) is 18.8 Å². The first-order chi connectivity index (χ1) is 15.6.